The SMILES string of the molecule is Cc1cc(C)c(NC(=O)CCCSCCS(C)(=O)=O)c(C)c1. The second kappa shape index (κ2) is 8.58. The number of rotatable bonds is 8. The summed E-state index contributed by atoms with van der Waals surface area (Å²) >= 11 is 1.58. The fourth-order valence-electron chi connectivity index (χ4n) is 2.23. The highest BCUT2D eigenvalue weighted by Crippen LogP contribution is 2.22. The Hall–Kier alpha value is -1.01. The summed E-state index contributed by atoms with van der Waals surface area (Å²) in [5, 5.41) is 2.98. The van der Waals surface area contributed by atoms with Gasteiger partial charge in [0.05, 0.1) is 5.75 Å². The third-order valence-corrected chi connectivity index (χ3v) is 5.51. The number of carbonyl (C=O) groups is 1. The summed E-state index contributed by atoms with van der Waals surface area (Å²) in [5.41, 5.74) is 4.25. The van der Waals surface area contributed by atoms with Crippen LogP contribution >= 0.6 is 11.8 Å². The van der Waals surface area contributed by atoms with E-state index in [-0.39, 0.29) is 11.7 Å². The van der Waals surface area contributed by atoms with E-state index in [0.29, 0.717) is 12.2 Å². The van der Waals surface area contributed by atoms with E-state index in [9.17, 15) is 13.2 Å². The molecule has 0 aliphatic carbocycles. The standard InChI is InChI=1S/C16H25NO3S2/c1-12-10-13(2)16(14(3)11-12)17-15(18)6-5-7-21-8-9-22(4,19)20/h10-11H,5-9H2,1-4H3,(H,17,18). The zero-order valence-corrected chi connectivity index (χ0v) is 15.4. The van der Waals surface area contributed by atoms with Crippen molar-refractivity contribution in [3.8, 4) is 0 Å². The van der Waals surface area contributed by atoms with Crippen LogP contribution in [0.15, 0.2) is 12.1 Å². The summed E-state index contributed by atoms with van der Waals surface area (Å²) in [6, 6.07) is 4.12. The molecule has 1 aromatic rings. The van der Waals surface area contributed by atoms with Crippen LogP contribution in [0.2, 0.25) is 0 Å². The molecule has 6 heteroatoms. The predicted octanol–water partition coefficient (Wildman–Crippen LogP) is 3.11. The molecule has 0 aromatic heterocycles. The van der Waals surface area contributed by atoms with Gasteiger partial charge in [0.2, 0.25) is 5.91 Å². The van der Waals surface area contributed by atoms with E-state index in [0.717, 1.165) is 29.0 Å². The van der Waals surface area contributed by atoms with Gasteiger partial charge in [-0.1, -0.05) is 17.7 Å². The molecule has 0 saturated heterocycles. The molecule has 1 rings (SSSR count). The maximum atomic E-state index is 12.0. The first-order valence-electron chi connectivity index (χ1n) is 7.32. The van der Waals surface area contributed by atoms with Crippen molar-refractivity contribution in [3.63, 3.8) is 0 Å². The smallest absolute Gasteiger partial charge is 0.224 e. The number of benzene rings is 1. The zero-order chi connectivity index (χ0) is 16.8. The van der Waals surface area contributed by atoms with E-state index < -0.39 is 9.84 Å². The topological polar surface area (TPSA) is 63.2 Å². The molecule has 0 atom stereocenters. The normalized spacial score (nSPS) is 11.5. The molecule has 0 saturated carbocycles. The molecular formula is C16H25NO3S2. The molecule has 1 amide bonds. The van der Waals surface area contributed by atoms with Crippen molar-refractivity contribution in [2.24, 2.45) is 0 Å². The molecular weight excluding hydrogens is 318 g/mol. The number of amides is 1. The van der Waals surface area contributed by atoms with E-state index >= 15 is 0 Å². The first-order valence-corrected chi connectivity index (χ1v) is 10.5. The van der Waals surface area contributed by atoms with Gasteiger partial charge in [-0.15, -0.1) is 0 Å². The Morgan fingerprint density at radius 2 is 1.73 bits per heavy atom. The largest absolute Gasteiger partial charge is 0.326 e. The molecule has 0 heterocycles. The average Bonchev–Trinajstić information content (AvgIpc) is 2.36. The van der Waals surface area contributed by atoms with Crippen LogP contribution in [0.5, 0.6) is 0 Å². The lowest BCUT2D eigenvalue weighted by atomic mass is 10.0. The Labute approximate surface area is 138 Å². The lowest BCUT2D eigenvalue weighted by Crippen LogP contribution is -2.13. The number of hydrogen-bond donors (Lipinski definition) is 1. The highest BCUT2D eigenvalue weighted by atomic mass is 32.2. The van der Waals surface area contributed by atoms with Crippen molar-refractivity contribution in [1.29, 1.82) is 0 Å². The molecule has 22 heavy (non-hydrogen) atoms. The fourth-order valence-corrected chi connectivity index (χ4v) is 4.46. The maximum Gasteiger partial charge on any atom is 0.224 e. The average molecular weight is 344 g/mol. The molecule has 0 unspecified atom stereocenters. The minimum absolute atomic E-state index is 0.0127. The Kier molecular flexibility index (Phi) is 7.42. The number of anilines is 1. The van der Waals surface area contributed by atoms with Gasteiger partial charge in [0, 0.05) is 24.1 Å². The van der Waals surface area contributed by atoms with Gasteiger partial charge in [0.1, 0.15) is 9.84 Å². The molecule has 0 aliphatic heterocycles. The third-order valence-electron chi connectivity index (χ3n) is 3.23. The van der Waals surface area contributed by atoms with Crippen molar-refractivity contribution in [2.75, 3.05) is 28.8 Å². The first-order chi connectivity index (χ1) is 10.2. The van der Waals surface area contributed by atoms with Crippen molar-refractivity contribution >= 4 is 33.2 Å². The van der Waals surface area contributed by atoms with Crippen LogP contribution in [0.4, 0.5) is 5.69 Å². The summed E-state index contributed by atoms with van der Waals surface area (Å²) in [6.45, 7) is 6.03. The molecule has 0 fully saturated rings. The summed E-state index contributed by atoms with van der Waals surface area (Å²) < 4.78 is 22.0. The quantitative estimate of drug-likeness (QED) is 0.737. The Morgan fingerprint density at radius 3 is 2.27 bits per heavy atom. The summed E-state index contributed by atoms with van der Waals surface area (Å²) in [5.74, 6) is 1.61. The van der Waals surface area contributed by atoms with Gasteiger partial charge in [-0.3, -0.25) is 4.79 Å². The third kappa shape index (κ3) is 7.31. The van der Waals surface area contributed by atoms with Crippen molar-refractivity contribution in [2.45, 2.75) is 33.6 Å². The zero-order valence-electron chi connectivity index (χ0n) is 13.7. The number of aryl methyl sites for hydroxylation is 3. The maximum absolute atomic E-state index is 12.0. The Balaban J connectivity index is 2.33. The van der Waals surface area contributed by atoms with Crippen LogP contribution in [0.25, 0.3) is 0 Å². The number of thioether (sulfide) groups is 1. The van der Waals surface area contributed by atoms with Crippen molar-refractivity contribution in [3.05, 3.63) is 28.8 Å². The Morgan fingerprint density at radius 1 is 1.14 bits per heavy atom. The van der Waals surface area contributed by atoms with Crippen LogP contribution in [0.1, 0.15) is 29.5 Å². The fraction of sp³-hybridized carbons (Fsp3) is 0.562. The van der Waals surface area contributed by atoms with Gasteiger partial charge in [-0.05, 0) is 44.1 Å². The van der Waals surface area contributed by atoms with Crippen molar-refractivity contribution < 1.29 is 13.2 Å². The minimum atomic E-state index is -2.88. The predicted molar refractivity (Wildman–Crippen MR) is 95.6 cm³/mol. The molecule has 1 N–H and O–H groups in total. The van der Waals surface area contributed by atoms with Crippen LogP contribution < -0.4 is 5.32 Å². The highest BCUT2D eigenvalue weighted by Gasteiger charge is 2.08. The monoisotopic (exact) mass is 343 g/mol. The Bertz CT molecular complexity index is 601. The van der Waals surface area contributed by atoms with E-state index in [2.05, 4.69) is 17.4 Å². The van der Waals surface area contributed by atoms with Crippen LogP contribution in [0, 0.1) is 20.8 Å². The molecule has 4 nitrogen and oxygen atoms in total. The van der Waals surface area contributed by atoms with Gasteiger partial charge >= 0.3 is 0 Å². The van der Waals surface area contributed by atoms with Crippen LogP contribution in [-0.2, 0) is 14.6 Å². The van der Waals surface area contributed by atoms with E-state index in [1.54, 1.807) is 11.8 Å². The van der Waals surface area contributed by atoms with Gasteiger partial charge in [-0.2, -0.15) is 11.8 Å². The van der Waals surface area contributed by atoms with E-state index in [1.807, 2.05) is 20.8 Å². The summed E-state index contributed by atoms with van der Waals surface area (Å²) in [7, 11) is -2.88. The van der Waals surface area contributed by atoms with E-state index in [4.69, 9.17) is 0 Å². The number of carbonyl (C=O) groups excluding carboxylic acids is 1. The second-order valence-corrected chi connectivity index (χ2v) is 9.15. The molecule has 1 aromatic carbocycles. The van der Waals surface area contributed by atoms with Crippen molar-refractivity contribution in [1.82, 2.24) is 0 Å². The second-order valence-electron chi connectivity index (χ2n) is 5.67. The summed E-state index contributed by atoms with van der Waals surface area (Å²) in [6.07, 6.45) is 2.45. The number of sulfone groups is 1. The van der Waals surface area contributed by atoms with Gasteiger partial charge in [0.15, 0.2) is 0 Å². The molecule has 0 aliphatic rings. The highest BCUT2D eigenvalue weighted by molar-refractivity contribution is 8.00. The lowest BCUT2D eigenvalue weighted by molar-refractivity contribution is -0.116. The molecule has 0 spiro atoms. The van der Waals surface area contributed by atoms with E-state index in [1.165, 1.54) is 11.8 Å². The number of hydrogen-bond acceptors (Lipinski definition) is 4. The minimum Gasteiger partial charge on any atom is -0.326 e. The molecule has 0 bridgehead atoms. The molecule has 124 valence electrons. The molecule has 0 radical (unpaired) electrons. The van der Waals surface area contributed by atoms with Crippen LogP contribution in [0.3, 0.4) is 0 Å². The van der Waals surface area contributed by atoms with Gasteiger partial charge in [0.25, 0.3) is 0 Å². The number of nitrogens with one attached hydrogen (secondary N) is 1. The summed E-state index contributed by atoms with van der Waals surface area (Å²) in [4.78, 5) is 12.0. The first kappa shape index (κ1) is 19.0. The van der Waals surface area contributed by atoms with Gasteiger partial charge < -0.3 is 5.32 Å². The van der Waals surface area contributed by atoms with Gasteiger partial charge in [-0.25, -0.2) is 8.42 Å². The van der Waals surface area contributed by atoms with Crippen LogP contribution in [-0.4, -0.2) is 37.8 Å². The lowest BCUT2D eigenvalue weighted by Gasteiger charge is -2.12.